The topological polar surface area (TPSA) is 95.4 Å². The third-order valence-corrected chi connectivity index (χ3v) is 4.24. The van der Waals surface area contributed by atoms with Crippen LogP contribution in [-0.4, -0.2) is 32.9 Å². The summed E-state index contributed by atoms with van der Waals surface area (Å²) < 4.78 is 33.9. The molecular weight excluding hydrogens is 268 g/mol. The largest absolute Gasteiger partial charge is 0.439 e. The van der Waals surface area contributed by atoms with Crippen LogP contribution in [0, 0.1) is 0 Å². The molecule has 0 amide bonds. The summed E-state index contributed by atoms with van der Waals surface area (Å²) in [6.45, 7) is 0.416. The summed E-state index contributed by atoms with van der Waals surface area (Å²) in [5, 5.41) is 0. The molecule has 0 bridgehead atoms. The van der Waals surface area contributed by atoms with Crippen LogP contribution in [0.3, 0.4) is 0 Å². The monoisotopic (exact) mass is 284 g/mol. The number of oxazole rings is 1. The van der Waals surface area contributed by atoms with E-state index in [9.17, 15) is 8.42 Å². The summed E-state index contributed by atoms with van der Waals surface area (Å²) in [6.07, 6.45) is 0.460. The third-order valence-electron chi connectivity index (χ3n) is 2.64. The van der Waals surface area contributed by atoms with E-state index in [-0.39, 0.29) is 17.4 Å². The first-order chi connectivity index (χ1) is 9.02. The van der Waals surface area contributed by atoms with Crippen molar-refractivity contribution in [2.24, 2.45) is 0 Å². The van der Waals surface area contributed by atoms with Crippen molar-refractivity contribution in [3.8, 4) is 0 Å². The van der Waals surface area contributed by atoms with Crippen molar-refractivity contribution in [1.82, 2.24) is 4.98 Å². The maximum atomic E-state index is 11.8. The van der Waals surface area contributed by atoms with Crippen LogP contribution in [0.1, 0.15) is 12.3 Å². The molecule has 0 aliphatic heterocycles. The van der Waals surface area contributed by atoms with Gasteiger partial charge in [0, 0.05) is 13.7 Å². The molecule has 7 heteroatoms. The highest BCUT2D eigenvalue weighted by Crippen LogP contribution is 2.22. The Morgan fingerprint density at radius 3 is 2.89 bits per heavy atom. The van der Waals surface area contributed by atoms with Gasteiger partial charge in [0.15, 0.2) is 15.4 Å². The number of para-hydroxylation sites is 1. The average Bonchev–Trinajstić information content (AvgIpc) is 2.72. The zero-order valence-corrected chi connectivity index (χ0v) is 11.4. The number of nitrogens with zero attached hydrogens (tertiary/aromatic N) is 1. The van der Waals surface area contributed by atoms with Crippen molar-refractivity contribution >= 4 is 26.6 Å². The van der Waals surface area contributed by atoms with Gasteiger partial charge < -0.3 is 14.9 Å². The number of benzene rings is 1. The Bertz CT molecular complexity index is 663. The molecule has 2 aromatic rings. The standard InChI is InChI=1S/C12H16N2O4S/c1-17-6-3-7-19(15,16)8-11-14-12-9(13)4-2-5-10(12)18-11/h2,4-5H,3,6-8,13H2,1H3. The Labute approximate surface area is 111 Å². The lowest BCUT2D eigenvalue weighted by Crippen LogP contribution is -2.11. The number of hydrogen-bond donors (Lipinski definition) is 1. The van der Waals surface area contributed by atoms with E-state index >= 15 is 0 Å². The van der Waals surface area contributed by atoms with E-state index in [0.717, 1.165) is 0 Å². The first-order valence-electron chi connectivity index (χ1n) is 5.85. The molecule has 19 heavy (non-hydrogen) atoms. The Morgan fingerprint density at radius 2 is 2.21 bits per heavy atom. The Balaban J connectivity index is 2.15. The number of hydrogen-bond acceptors (Lipinski definition) is 6. The summed E-state index contributed by atoms with van der Waals surface area (Å²) >= 11 is 0. The number of methoxy groups -OCH3 is 1. The second kappa shape index (κ2) is 5.58. The third kappa shape index (κ3) is 3.45. The lowest BCUT2D eigenvalue weighted by molar-refractivity contribution is 0.199. The normalized spacial score (nSPS) is 12.1. The minimum atomic E-state index is -3.24. The number of nitrogen functional groups attached to an aromatic ring is 1. The molecule has 104 valence electrons. The van der Waals surface area contributed by atoms with Crippen LogP contribution in [0.5, 0.6) is 0 Å². The van der Waals surface area contributed by atoms with Gasteiger partial charge in [-0.25, -0.2) is 13.4 Å². The molecule has 0 fully saturated rings. The van der Waals surface area contributed by atoms with Crippen molar-refractivity contribution in [2.45, 2.75) is 12.2 Å². The number of ether oxygens (including phenoxy) is 1. The van der Waals surface area contributed by atoms with Crippen molar-refractivity contribution in [3.05, 3.63) is 24.1 Å². The highest BCUT2D eigenvalue weighted by atomic mass is 32.2. The predicted molar refractivity (Wildman–Crippen MR) is 72.4 cm³/mol. The quantitative estimate of drug-likeness (QED) is 0.635. The molecule has 1 heterocycles. The Hall–Kier alpha value is -1.60. The van der Waals surface area contributed by atoms with E-state index < -0.39 is 9.84 Å². The van der Waals surface area contributed by atoms with Crippen molar-refractivity contribution in [3.63, 3.8) is 0 Å². The van der Waals surface area contributed by atoms with E-state index in [1.165, 1.54) is 7.11 Å². The van der Waals surface area contributed by atoms with Crippen LogP contribution < -0.4 is 5.73 Å². The Morgan fingerprint density at radius 1 is 1.42 bits per heavy atom. The van der Waals surface area contributed by atoms with Crippen molar-refractivity contribution in [1.29, 1.82) is 0 Å². The first kappa shape index (κ1) is 13.8. The zero-order valence-electron chi connectivity index (χ0n) is 10.6. The molecule has 0 radical (unpaired) electrons. The van der Waals surface area contributed by atoms with Gasteiger partial charge in [0.1, 0.15) is 11.3 Å². The smallest absolute Gasteiger partial charge is 0.210 e. The van der Waals surface area contributed by atoms with Gasteiger partial charge in [-0.1, -0.05) is 6.07 Å². The lowest BCUT2D eigenvalue weighted by atomic mass is 10.3. The fourth-order valence-corrected chi connectivity index (χ4v) is 2.96. The fraction of sp³-hybridized carbons (Fsp3) is 0.417. The van der Waals surface area contributed by atoms with Crippen molar-refractivity contribution in [2.75, 3.05) is 25.2 Å². The van der Waals surface area contributed by atoms with Gasteiger partial charge in [0.25, 0.3) is 0 Å². The van der Waals surface area contributed by atoms with Gasteiger partial charge in [0.05, 0.1) is 11.4 Å². The molecule has 6 nitrogen and oxygen atoms in total. The number of aromatic nitrogens is 1. The summed E-state index contributed by atoms with van der Waals surface area (Å²) in [6, 6.07) is 5.14. The maximum absolute atomic E-state index is 11.8. The molecule has 0 saturated carbocycles. The van der Waals surface area contributed by atoms with Gasteiger partial charge >= 0.3 is 0 Å². The van der Waals surface area contributed by atoms with E-state index in [4.69, 9.17) is 14.9 Å². The fourth-order valence-electron chi connectivity index (χ4n) is 1.76. The van der Waals surface area contributed by atoms with Gasteiger partial charge in [-0.05, 0) is 18.6 Å². The maximum Gasteiger partial charge on any atom is 0.210 e. The van der Waals surface area contributed by atoms with Crippen molar-refractivity contribution < 1.29 is 17.6 Å². The van der Waals surface area contributed by atoms with Crippen LogP contribution >= 0.6 is 0 Å². The average molecular weight is 284 g/mol. The summed E-state index contributed by atoms with van der Waals surface area (Å²) in [5.41, 5.74) is 7.23. The number of rotatable bonds is 6. The predicted octanol–water partition coefficient (Wildman–Crippen LogP) is 1.36. The number of nitrogens with two attached hydrogens (primary N) is 1. The number of fused-ring (bicyclic) bond motifs is 1. The van der Waals surface area contributed by atoms with Gasteiger partial charge in [0.2, 0.25) is 5.89 Å². The van der Waals surface area contributed by atoms with E-state index in [2.05, 4.69) is 4.98 Å². The highest BCUT2D eigenvalue weighted by molar-refractivity contribution is 7.90. The van der Waals surface area contributed by atoms with Crippen LogP contribution in [0.15, 0.2) is 22.6 Å². The summed E-state index contributed by atoms with van der Waals surface area (Å²) in [4.78, 5) is 4.12. The number of sulfone groups is 1. The zero-order chi connectivity index (χ0) is 13.9. The van der Waals surface area contributed by atoms with E-state index in [0.29, 0.717) is 29.8 Å². The van der Waals surface area contributed by atoms with Gasteiger partial charge in [-0.15, -0.1) is 0 Å². The first-order valence-corrected chi connectivity index (χ1v) is 7.67. The molecule has 0 aliphatic rings. The molecule has 1 aromatic carbocycles. The van der Waals surface area contributed by atoms with Crippen LogP contribution in [0.25, 0.3) is 11.1 Å². The second-order valence-electron chi connectivity index (χ2n) is 4.24. The van der Waals surface area contributed by atoms with Crippen LogP contribution in [-0.2, 0) is 20.3 Å². The SMILES string of the molecule is COCCCS(=O)(=O)Cc1nc2c(N)cccc2o1. The minimum Gasteiger partial charge on any atom is -0.439 e. The molecule has 0 spiro atoms. The summed E-state index contributed by atoms with van der Waals surface area (Å²) in [7, 11) is -1.71. The number of anilines is 1. The molecule has 0 saturated heterocycles. The molecule has 0 unspecified atom stereocenters. The van der Waals surface area contributed by atoms with E-state index in [1.807, 2.05) is 0 Å². The Kier molecular flexibility index (Phi) is 4.06. The minimum absolute atomic E-state index is 0.0506. The molecule has 0 aliphatic carbocycles. The van der Waals surface area contributed by atoms with Gasteiger partial charge in [-0.2, -0.15) is 0 Å². The van der Waals surface area contributed by atoms with Gasteiger partial charge in [-0.3, -0.25) is 0 Å². The van der Waals surface area contributed by atoms with E-state index in [1.54, 1.807) is 18.2 Å². The highest BCUT2D eigenvalue weighted by Gasteiger charge is 2.17. The van der Waals surface area contributed by atoms with Crippen LogP contribution in [0.2, 0.25) is 0 Å². The molecule has 2 rings (SSSR count). The molecule has 1 aromatic heterocycles. The molecule has 2 N–H and O–H groups in total. The van der Waals surface area contributed by atoms with Crippen LogP contribution in [0.4, 0.5) is 5.69 Å². The summed E-state index contributed by atoms with van der Waals surface area (Å²) in [5.74, 6) is 0.00481. The molecule has 0 atom stereocenters. The lowest BCUT2D eigenvalue weighted by Gasteiger charge is -2.00. The second-order valence-corrected chi connectivity index (χ2v) is 6.42. The molecular formula is C12H16N2O4S.